The molecule has 7 atom stereocenters. The summed E-state index contributed by atoms with van der Waals surface area (Å²) in [7, 11) is 0. The average molecular weight is 469 g/mol. The summed E-state index contributed by atoms with van der Waals surface area (Å²) in [5.41, 5.74) is -2.38. The van der Waals surface area contributed by atoms with Crippen LogP contribution in [0.1, 0.15) is 54.4 Å². The largest absolute Gasteiger partial charge is 0.464 e. The van der Waals surface area contributed by atoms with Crippen LogP contribution in [0.15, 0.2) is 12.8 Å². The number of aliphatic hydroxyl groups excluding tert-OH is 1. The van der Waals surface area contributed by atoms with Crippen molar-refractivity contribution < 1.29 is 38.5 Å². The number of esters is 2. The Labute approximate surface area is 194 Å². The van der Waals surface area contributed by atoms with Gasteiger partial charge in [-0.25, -0.2) is 9.59 Å². The molecule has 2 aliphatic carbocycles. The van der Waals surface area contributed by atoms with E-state index in [2.05, 4.69) is 17.2 Å². The fraction of sp³-hybridized carbons (Fsp3) is 0.739. The molecular weight excluding hydrogens is 432 g/mol. The maximum absolute atomic E-state index is 13.4. The molecule has 0 aromatic heterocycles. The van der Waals surface area contributed by atoms with Crippen molar-refractivity contribution in [1.82, 2.24) is 10.6 Å². The first-order valence-electron chi connectivity index (χ1n) is 11.3. The van der Waals surface area contributed by atoms with Crippen LogP contribution in [-0.4, -0.2) is 58.9 Å². The van der Waals surface area contributed by atoms with Gasteiger partial charge < -0.3 is 30.0 Å². The molecule has 2 rings (SSSR count). The van der Waals surface area contributed by atoms with Crippen LogP contribution in [0.3, 0.4) is 0 Å². The third-order valence-corrected chi connectivity index (χ3v) is 6.25. The lowest BCUT2D eigenvalue weighted by molar-refractivity contribution is -0.156. The van der Waals surface area contributed by atoms with Crippen molar-refractivity contribution in [3.8, 4) is 0 Å². The summed E-state index contributed by atoms with van der Waals surface area (Å²) in [6, 6.07) is -1.01. The molecule has 2 fully saturated rings. The Kier molecular flexibility index (Phi) is 8.16. The molecule has 0 aromatic rings. The first-order valence-corrected chi connectivity index (χ1v) is 11.3. The molecule has 0 spiro atoms. The molecule has 1 unspecified atom stereocenters. The lowest BCUT2D eigenvalue weighted by Gasteiger charge is -2.34. The number of aliphatic hydroxyl groups is 1. The minimum absolute atomic E-state index is 0.0522. The molecule has 10 heteroatoms. The van der Waals surface area contributed by atoms with E-state index >= 15 is 0 Å². The smallest absolute Gasteiger partial charge is 0.408 e. The zero-order chi connectivity index (χ0) is 25.1. The fourth-order valence-electron chi connectivity index (χ4n) is 4.61. The summed E-state index contributed by atoms with van der Waals surface area (Å²) in [5, 5.41) is 15.9. The van der Waals surface area contributed by atoms with Gasteiger partial charge in [0.05, 0.1) is 24.9 Å². The van der Waals surface area contributed by atoms with Crippen molar-refractivity contribution in [3.63, 3.8) is 0 Å². The van der Waals surface area contributed by atoms with Crippen LogP contribution in [0.5, 0.6) is 0 Å². The van der Waals surface area contributed by atoms with Gasteiger partial charge in [-0.05, 0) is 33.6 Å². The van der Waals surface area contributed by atoms with Gasteiger partial charge in [0.1, 0.15) is 17.2 Å². The number of hydrogen-bond acceptors (Lipinski definition) is 8. The molecule has 0 bridgehead atoms. The predicted molar refractivity (Wildman–Crippen MR) is 118 cm³/mol. The number of amides is 2. The van der Waals surface area contributed by atoms with Gasteiger partial charge in [0.15, 0.2) is 0 Å². The minimum Gasteiger partial charge on any atom is -0.464 e. The standard InChI is InChI=1S/C23H36N2O8/c1-8-12(4)17(24-21(30)33-22(5,6)7)18(27)25-23(20(29)32-10-3)11-13(26)14-15(16(14)23)19(28)31-9-2/h9,12-17,26H,2,8,10-11H2,1,3-7H3,(H,24,30)(H,25,27)/t12-,13-,14-,15-,16-,17?,23+/m0/s1. The number of nitrogens with one attached hydrogen (secondary N) is 2. The summed E-state index contributed by atoms with van der Waals surface area (Å²) in [6.07, 6.45) is -0.343. The molecule has 33 heavy (non-hydrogen) atoms. The van der Waals surface area contributed by atoms with Crippen LogP contribution in [-0.2, 0) is 28.6 Å². The van der Waals surface area contributed by atoms with E-state index in [1.807, 2.05) is 6.92 Å². The number of carbonyl (C=O) groups excluding carboxylic acids is 4. The van der Waals surface area contributed by atoms with E-state index in [1.165, 1.54) is 0 Å². The molecular formula is C23H36N2O8. The lowest BCUT2D eigenvalue weighted by Crippen LogP contribution is -2.62. The Morgan fingerprint density at radius 3 is 2.39 bits per heavy atom. The Morgan fingerprint density at radius 1 is 1.24 bits per heavy atom. The molecule has 0 heterocycles. The van der Waals surface area contributed by atoms with E-state index in [4.69, 9.17) is 14.2 Å². The van der Waals surface area contributed by atoms with Gasteiger partial charge >= 0.3 is 18.0 Å². The highest BCUT2D eigenvalue weighted by atomic mass is 16.6. The Morgan fingerprint density at radius 2 is 1.88 bits per heavy atom. The molecule has 10 nitrogen and oxygen atoms in total. The van der Waals surface area contributed by atoms with Gasteiger partial charge in [0, 0.05) is 18.3 Å². The summed E-state index contributed by atoms with van der Waals surface area (Å²) in [5.74, 6) is -4.31. The van der Waals surface area contributed by atoms with Crippen LogP contribution >= 0.6 is 0 Å². The topological polar surface area (TPSA) is 140 Å². The number of carbonyl (C=O) groups is 4. The SMILES string of the molecule is C=COC(=O)[C@H]1[C@H]2[C@@H]1[C@@](NC(=O)C(NC(=O)OC(C)(C)C)[C@@H](C)CC)(C(=O)OCC)C[C@@H]2O. The number of alkyl carbamates (subject to hydrolysis) is 1. The Balaban J connectivity index is 2.32. The third kappa shape index (κ3) is 5.66. The number of rotatable bonds is 9. The molecule has 2 saturated carbocycles. The number of hydrogen-bond donors (Lipinski definition) is 3. The van der Waals surface area contributed by atoms with E-state index in [-0.39, 0.29) is 18.9 Å². The second kappa shape index (κ2) is 10.1. The van der Waals surface area contributed by atoms with Crippen LogP contribution in [0.4, 0.5) is 4.79 Å². The van der Waals surface area contributed by atoms with Gasteiger partial charge in [-0.1, -0.05) is 26.8 Å². The zero-order valence-corrected chi connectivity index (χ0v) is 20.2. The van der Waals surface area contributed by atoms with Crippen molar-refractivity contribution in [2.75, 3.05) is 6.61 Å². The van der Waals surface area contributed by atoms with Crippen molar-refractivity contribution in [1.29, 1.82) is 0 Å². The molecule has 0 saturated heterocycles. The van der Waals surface area contributed by atoms with Gasteiger partial charge in [0.25, 0.3) is 0 Å². The normalized spacial score (nSPS) is 29.7. The molecule has 0 aromatic carbocycles. The van der Waals surface area contributed by atoms with Crippen molar-refractivity contribution in [2.24, 2.45) is 23.7 Å². The number of ether oxygens (including phenoxy) is 3. The second-order valence-corrected chi connectivity index (χ2v) is 9.69. The van der Waals surface area contributed by atoms with Crippen LogP contribution in [0.25, 0.3) is 0 Å². The van der Waals surface area contributed by atoms with Crippen molar-refractivity contribution in [2.45, 2.75) is 77.7 Å². The van der Waals surface area contributed by atoms with E-state index in [0.717, 1.165) is 6.26 Å². The van der Waals surface area contributed by atoms with Gasteiger partial charge in [-0.2, -0.15) is 0 Å². The van der Waals surface area contributed by atoms with Crippen molar-refractivity contribution in [3.05, 3.63) is 12.8 Å². The Hall–Kier alpha value is -2.62. The fourth-order valence-corrected chi connectivity index (χ4v) is 4.61. The minimum atomic E-state index is -1.62. The van der Waals surface area contributed by atoms with E-state index in [0.29, 0.717) is 6.42 Å². The first-order chi connectivity index (χ1) is 15.3. The molecule has 2 aliphatic rings. The highest BCUT2D eigenvalue weighted by Gasteiger charge is 2.76. The van der Waals surface area contributed by atoms with E-state index < -0.39 is 65.0 Å². The third-order valence-electron chi connectivity index (χ3n) is 6.25. The number of fused-ring (bicyclic) bond motifs is 1. The summed E-state index contributed by atoms with van der Waals surface area (Å²) in [4.78, 5) is 51.1. The van der Waals surface area contributed by atoms with Crippen LogP contribution < -0.4 is 10.6 Å². The maximum atomic E-state index is 13.4. The molecule has 2 amide bonds. The highest BCUT2D eigenvalue weighted by Crippen LogP contribution is 2.63. The molecule has 3 N–H and O–H groups in total. The van der Waals surface area contributed by atoms with E-state index in [9.17, 15) is 24.3 Å². The maximum Gasteiger partial charge on any atom is 0.408 e. The summed E-state index contributed by atoms with van der Waals surface area (Å²) < 4.78 is 15.4. The highest BCUT2D eigenvalue weighted by molar-refractivity contribution is 5.94. The molecule has 186 valence electrons. The predicted octanol–water partition coefficient (Wildman–Crippen LogP) is 1.66. The van der Waals surface area contributed by atoms with Gasteiger partial charge in [-0.15, -0.1) is 0 Å². The van der Waals surface area contributed by atoms with Crippen LogP contribution in [0.2, 0.25) is 0 Å². The van der Waals surface area contributed by atoms with Gasteiger partial charge in [-0.3, -0.25) is 9.59 Å². The van der Waals surface area contributed by atoms with Crippen molar-refractivity contribution >= 4 is 23.9 Å². The zero-order valence-electron chi connectivity index (χ0n) is 20.2. The molecule has 0 aliphatic heterocycles. The summed E-state index contributed by atoms with van der Waals surface area (Å²) >= 11 is 0. The monoisotopic (exact) mass is 468 g/mol. The second-order valence-electron chi connectivity index (χ2n) is 9.69. The summed E-state index contributed by atoms with van der Waals surface area (Å²) in [6.45, 7) is 13.8. The van der Waals surface area contributed by atoms with Gasteiger partial charge in [0.2, 0.25) is 5.91 Å². The average Bonchev–Trinajstić information content (AvgIpc) is 3.40. The quantitative estimate of drug-likeness (QED) is 0.264. The Bertz CT molecular complexity index is 792. The van der Waals surface area contributed by atoms with Crippen LogP contribution in [0, 0.1) is 23.7 Å². The lowest BCUT2D eigenvalue weighted by atomic mass is 9.88. The first kappa shape index (κ1) is 26.6. The van der Waals surface area contributed by atoms with E-state index in [1.54, 1.807) is 34.6 Å². The molecule has 0 radical (unpaired) electrons.